The molecule has 1 aliphatic heterocycles. The summed E-state index contributed by atoms with van der Waals surface area (Å²) in [7, 11) is 0. The van der Waals surface area contributed by atoms with Crippen molar-refractivity contribution in [3.63, 3.8) is 0 Å². The van der Waals surface area contributed by atoms with Crippen molar-refractivity contribution in [1.29, 1.82) is 0 Å². The quantitative estimate of drug-likeness (QED) is 0.588. The average Bonchev–Trinajstić information content (AvgIpc) is 3.19. The number of anilines is 1. The summed E-state index contributed by atoms with van der Waals surface area (Å²) in [6.45, 7) is 2.21. The van der Waals surface area contributed by atoms with Gasteiger partial charge in [-0.25, -0.2) is 0 Å². The maximum Gasteiger partial charge on any atom is 0.266 e. The smallest absolute Gasteiger partial charge is 0.266 e. The van der Waals surface area contributed by atoms with Crippen LogP contribution in [0.15, 0.2) is 35.2 Å². The molecule has 1 aromatic carbocycles. The number of aromatic nitrogens is 2. The second-order valence-corrected chi connectivity index (χ2v) is 8.13. The molecule has 1 aromatic heterocycles. The predicted octanol–water partition coefficient (Wildman–Crippen LogP) is 3.33. The molecule has 134 valence electrons. The van der Waals surface area contributed by atoms with E-state index in [1.54, 1.807) is 0 Å². The maximum absolute atomic E-state index is 12.5. The molecule has 2 aromatic rings. The zero-order chi connectivity index (χ0) is 18.5. The van der Waals surface area contributed by atoms with Gasteiger partial charge in [0.2, 0.25) is 11.0 Å². The van der Waals surface area contributed by atoms with Crippen molar-refractivity contribution in [3.8, 4) is 0 Å². The molecule has 6 nitrogen and oxygen atoms in total. The second kappa shape index (κ2) is 8.52. The summed E-state index contributed by atoms with van der Waals surface area (Å²) >= 11 is 7.89. The minimum atomic E-state index is -0.218. The molecule has 1 N–H and O–H groups in total. The normalized spacial score (nSPS) is 15.7. The number of nitrogens with zero attached hydrogens (tertiary/aromatic N) is 3. The molecule has 0 unspecified atom stereocenters. The lowest BCUT2D eigenvalue weighted by Gasteiger charge is -2.13. The first-order valence-electron chi connectivity index (χ1n) is 7.99. The van der Waals surface area contributed by atoms with Crippen LogP contribution in [-0.4, -0.2) is 37.8 Å². The lowest BCUT2D eigenvalue weighted by Crippen LogP contribution is -2.31. The van der Waals surface area contributed by atoms with Gasteiger partial charge in [-0.1, -0.05) is 72.6 Å². The highest BCUT2D eigenvalue weighted by Crippen LogP contribution is 2.32. The highest BCUT2D eigenvalue weighted by Gasteiger charge is 2.32. The first kappa shape index (κ1) is 18.7. The summed E-state index contributed by atoms with van der Waals surface area (Å²) in [5, 5.41) is 11.9. The van der Waals surface area contributed by atoms with Crippen LogP contribution in [0.2, 0.25) is 0 Å². The number of nitrogens with one attached hydrogen (secondary N) is 1. The topological polar surface area (TPSA) is 75.2 Å². The number of hydrogen-bond acceptors (Lipinski definition) is 7. The van der Waals surface area contributed by atoms with Crippen LogP contribution in [0.3, 0.4) is 0 Å². The molecule has 0 saturated carbocycles. The molecule has 2 amide bonds. The van der Waals surface area contributed by atoms with Crippen molar-refractivity contribution in [2.24, 2.45) is 0 Å². The van der Waals surface area contributed by atoms with Gasteiger partial charge in [-0.2, -0.15) is 0 Å². The lowest BCUT2D eigenvalue weighted by molar-refractivity contribution is -0.122. The lowest BCUT2D eigenvalue weighted by atomic mass is 10.2. The molecule has 3 rings (SSSR count). The Balaban J connectivity index is 1.57. The van der Waals surface area contributed by atoms with Crippen LogP contribution in [0.25, 0.3) is 6.08 Å². The van der Waals surface area contributed by atoms with E-state index >= 15 is 0 Å². The van der Waals surface area contributed by atoms with Crippen molar-refractivity contribution in [2.45, 2.75) is 19.8 Å². The van der Waals surface area contributed by atoms with Crippen LogP contribution in [0.1, 0.15) is 23.9 Å². The van der Waals surface area contributed by atoms with E-state index < -0.39 is 0 Å². The van der Waals surface area contributed by atoms with E-state index in [0.29, 0.717) is 14.4 Å². The van der Waals surface area contributed by atoms with E-state index in [1.165, 1.54) is 28.0 Å². The Bertz CT molecular complexity index is 864. The standard InChI is InChI=1S/C17H16N4O2S3/c1-2-14-19-20-16(26-14)18-13(22)8-9-21-15(23)12(25-17(21)24)10-11-6-4-3-5-7-11/h3-7,10H,2,8-9H2,1H3,(H,18,20,22)/b12-10-. The third-order valence-corrected chi connectivity index (χ3v) is 5.91. The fraction of sp³-hybridized carbons (Fsp3) is 0.235. The molecule has 2 heterocycles. The summed E-state index contributed by atoms with van der Waals surface area (Å²) in [5.41, 5.74) is 0.939. The van der Waals surface area contributed by atoms with Crippen LogP contribution in [-0.2, 0) is 16.0 Å². The van der Waals surface area contributed by atoms with E-state index in [1.807, 2.05) is 43.3 Å². The van der Waals surface area contributed by atoms with Crippen molar-refractivity contribution < 1.29 is 9.59 Å². The number of benzene rings is 1. The SMILES string of the molecule is CCc1nnc(NC(=O)CCN2C(=O)/C(=C/c3ccccc3)SC2=S)s1. The van der Waals surface area contributed by atoms with Gasteiger partial charge < -0.3 is 5.32 Å². The number of hydrogen-bond donors (Lipinski definition) is 1. The van der Waals surface area contributed by atoms with Crippen LogP contribution in [0, 0.1) is 0 Å². The van der Waals surface area contributed by atoms with Gasteiger partial charge in [0.15, 0.2) is 0 Å². The van der Waals surface area contributed by atoms with Gasteiger partial charge in [0, 0.05) is 13.0 Å². The highest BCUT2D eigenvalue weighted by atomic mass is 32.2. The molecule has 9 heteroatoms. The van der Waals surface area contributed by atoms with Crippen molar-refractivity contribution in [2.75, 3.05) is 11.9 Å². The fourth-order valence-electron chi connectivity index (χ4n) is 2.24. The molecule has 0 spiro atoms. The van der Waals surface area contributed by atoms with Crippen molar-refractivity contribution >= 4 is 62.7 Å². The molecular formula is C17H16N4O2S3. The minimum Gasteiger partial charge on any atom is -0.300 e. The van der Waals surface area contributed by atoms with Crippen LogP contribution in [0.4, 0.5) is 5.13 Å². The predicted molar refractivity (Wildman–Crippen MR) is 109 cm³/mol. The zero-order valence-electron chi connectivity index (χ0n) is 14.0. The number of rotatable bonds is 6. The molecular weight excluding hydrogens is 388 g/mol. The molecule has 0 radical (unpaired) electrons. The largest absolute Gasteiger partial charge is 0.300 e. The van der Waals surface area contributed by atoms with E-state index in [-0.39, 0.29) is 24.8 Å². The van der Waals surface area contributed by atoms with Crippen LogP contribution in [0.5, 0.6) is 0 Å². The summed E-state index contributed by atoms with van der Waals surface area (Å²) in [4.78, 5) is 26.6. The zero-order valence-corrected chi connectivity index (χ0v) is 16.4. The molecule has 0 bridgehead atoms. The van der Waals surface area contributed by atoms with Crippen molar-refractivity contribution in [3.05, 3.63) is 45.8 Å². The third-order valence-electron chi connectivity index (χ3n) is 3.55. The second-order valence-electron chi connectivity index (χ2n) is 5.40. The Morgan fingerprint density at radius 3 is 2.77 bits per heavy atom. The Kier molecular flexibility index (Phi) is 6.12. The molecule has 1 fully saturated rings. The Labute approximate surface area is 164 Å². The maximum atomic E-state index is 12.5. The molecule has 26 heavy (non-hydrogen) atoms. The van der Waals surface area contributed by atoms with E-state index in [0.717, 1.165) is 17.0 Å². The number of thiocarbonyl (C=S) groups is 1. The molecule has 1 saturated heterocycles. The Morgan fingerprint density at radius 2 is 2.08 bits per heavy atom. The average molecular weight is 405 g/mol. The van der Waals surface area contributed by atoms with E-state index in [4.69, 9.17) is 12.2 Å². The number of thioether (sulfide) groups is 1. The first-order chi connectivity index (χ1) is 12.6. The third kappa shape index (κ3) is 4.54. The molecule has 0 aliphatic carbocycles. The Morgan fingerprint density at radius 1 is 1.31 bits per heavy atom. The number of carbonyl (C=O) groups is 2. The highest BCUT2D eigenvalue weighted by molar-refractivity contribution is 8.26. The summed E-state index contributed by atoms with van der Waals surface area (Å²) in [6, 6.07) is 9.59. The van der Waals surface area contributed by atoms with Gasteiger partial charge in [0.25, 0.3) is 5.91 Å². The van der Waals surface area contributed by atoms with Crippen LogP contribution < -0.4 is 5.32 Å². The number of amides is 2. The minimum absolute atomic E-state index is 0.145. The number of aryl methyl sites for hydroxylation is 1. The summed E-state index contributed by atoms with van der Waals surface area (Å²) < 4.78 is 0.467. The van der Waals surface area contributed by atoms with Crippen molar-refractivity contribution in [1.82, 2.24) is 15.1 Å². The summed E-state index contributed by atoms with van der Waals surface area (Å²) in [6.07, 6.45) is 2.73. The van der Waals surface area contributed by atoms with Gasteiger partial charge in [-0.05, 0) is 18.1 Å². The Hall–Kier alpha value is -2.10. The van der Waals surface area contributed by atoms with Gasteiger partial charge in [0.05, 0.1) is 4.91 Å². The van der Waals surface area contributed by atoms with Gasteiger partial charge in [0.1, 0.15) is 9.33 Å². The molecule has 0 atom stereocenters. The first-order valence-corrected chi connectivity index (χ1v) is 10.0. The van der Waals surface area contributed by atoms with E-state index in [2.05, 4.69) is 15.5 Å². The van der Waals surface area contributed by atoms with E-state index in [9.17, 15) is 9.59 Å². The van der Waals surface area contributed by atoms with Crippen LogP contribution >= 0.6 is 35.3 Å². The summed E-state index contributed by atoms with van der Waals surface area (Å²) in [5.74, 6) is -0.384. The monoisotopic (exact) mass is 404 g/mol. The molecule has 1 aliphatic rings. The van der Waals surface area contributed by atoms with Gasteiger partial charge >= 0.3 is 0 Å². The number of carbonyl (C=O) groups excluding carboxylic acids is 2. The van der Waals surface area contributed by atoms with Gasteiger partial charge in [-0.3, -0.25) is 14.5 Å². The van der Waals surface area contributed by atoms with Gasteiger partial charge in [-0.15, -0.1) is 10.2 Å². The fourth-order valence-corrected chi connectivity index (χ4v) is 4.24.